The molecule has 1 atom stereocenters. The molecular formula is C17H17F2N3OS. The van der Waals surface area contributed by atoms with Crippen LogP contribution in [0.3, 0.4) is 0 Å². The third-order valence-corrected chi connectivity index (χ3v) is 5.50. The summed E-state index contributed by atoms with van der Waals surface area (Å²) in [6, 6.07) is 3.81. The number of aromatic nitrogens is 1. The van der Waals surface area contributed by atoms with Crippen molar-refractivity contribution in [3.05, 3.63) is 51.5 Å². The highest BCUT2D eigenvalue weighted by atomic mass is 32.1. The standard InChI is InChI=1S/C17H17F2N3OS/c18-11-2-1-3-12(19)16(11)15-8-13(22-23-15)14-9-24-17(21-14)10-4-6-20-7-5-10/h1-3,9-10,15,20H,4-8H2/t15-/m0/s1. The van der Waals surface area contributed by atoms with Crippen molar-refractivity contribution < 1.29 is 13.6 Å². The van der Waals surface area contributed by atoms with E-state index in [1.165, 1.54) is 18.2 Å². The number of thiazole rings is 1. The fraction of sp³-hybridized carbons (Fsp3) is 0.412. The Kier molecular flexibility index (Phi) is 4.28. The van der Waals surface area contributed by atoms with E-state index in [0.29, 0.717) is 18.1 Å². The van der Waals surface area contributed by atoms with E-state index in [2.05, 4.69) is 15.5 Å². The Morgan fingerprint density at radius 1 is 1.17 bits per heavy atom. The SMILES string of the molecule is Fc1cccc(F)c1[C@@H]1CC(c2csc(C3CCNCC3)n2)=NO1. The third kappa shape index (κ3) is 2.93. The molecule has 1 aromatic carbocycles. The van der Waals surface area contributed by atoms with Crippen molar-refractivity contribution in [2.75, 3.05) is 13.1 Å². The summed E-state index contributed by atoms with van der Waals surface area (Å²) in [5.74, 6) is -0.733. The van der Waals surface area contributed by atoms with Gasteiger partial charge < -0.3 is 10.2 Å². The Balaban J connectivity index is 1.50. The van der Waals surface area contributed by atoms with Crippen molar-refractivity contribution in [1.29, 1.82) is 0 Å². The summed E-state index contributed by atoms with van der Waals surface area (Å²) in [4.78, 5) is 9.97. The zero-order chi connectivity index (χ0) is 16.5. The Morgan fingerprint density at radius 3 is 2.67 bits per heavy atom. The molecule has 0 saturated carbocycles. The predicted octanol–water partition coefficient (Wildman–Crippen LogP) is 3.75. The quantitative estimate of drug-likeness (QED) is 0.918. The summed E-state index contributed by atoms with van der Waals surface area (Å²) in [6.45, 7) is 2.02. The normalized spacial score (nSPS) is 21.6. The lowest BCUT2D eigenvalue weighted by molar-refractivity contribution is 0.0800. The van der Waals surface area contributed by atoms with Gasteiger partial charge in [-0.3, -0.25) is 0 Å². The summed E-state index contributed by atoms with van der Waals surface area (Å²) in [7, 11) is 0. The predicted molar refractivity (Wildman–Crippen MR) is 88.3 cm³/mol. The molecule has 0 aliphatic carbocycles. The minimum atomic E-state index is -0.731. The Morgan fingerprint density at radius 2 is 1.92 bits per heavy atom. The molecule has 0 unspecified atom stereocenters. The second kappa shape index (κ2) is 6.57. The molecule has 3 heterocycles. The lowest BCUT2D eigenvalue weighted by Gasteiger charge is -2.20. The van der Waals surface area contributed by atoms with E-state index >= 15 is 0 Å². The van der Waals surface area contributed by atoms with Crippen LogP contribution in [0.2, 0.25) is 0 Å². The average molecular weight is 349 g/mol. The fourth-order valence-electron chi connectivity index (χ4n) is 3.18. The lowest BCUT2D eigenvalue weighted by Crippen LogP contribution is -2.26. The maximum Gasteiger partial charge on any atom is 0.164 e. The molecule has 7 heteroatoms. The summed E-state index contributed by atoms with van der Waals surface area (Å²) in [5.41, 5.74) is 1.34. The number of piperidine rings is 1. The summed E-state index contributed by atoms with van der Waals surface area (Å²) in [5, 5.41) is 10.4. The molecule has 0 radical (unpaired) electrons. The van der Waals surface area contributed by atoms with Crippen LogP contribution in [-0.2, 0) is 4.84 Å². The summed E-state index contributed by atoms with van der Waals surface area (Å²) >= 11 is 1.62. The molecule has 0 bridgehead atoms. The van der Waals surface area contributed by atoms with Crippen molar-refractivity contribution in [2.45, 2.75) is 31.3 Å². The number of nitrogens with one attached hydrogen (secondary N) is 1. The Hall–Kier alpha value is -1.86. The number of rotatable bonds is 3. The van der Waals surface area contributed by atoms with Crippen LogP contribution in [0.15, 0.2) is 28.7 Å². The van der Waals surface area contributed by atoms with Gasteiger partial charge in [-0.15, -0.1) is 11.3 Å². The van der Waals surface area contributed by atoms with Gasteiger partial charge in [-0.05, 0) is 38.1 Å². The van der Waals surface area contributed by atoms with Crippen molar-refractivity contribution in [2.24, 2.45) is 5.16 Å². The highest BCUT2D eigenvalue weighted by Crippen LogP contribution is 2.34. The van der Waals surface area contributed by atoms with E-state index in [0.717, 1.165) is 36.6 Å². The molecule has 2 aliphatic heterocycles. The van der Waals surface area contributed by atoms with Gasteiger partial charge in [0.25, 0.3) is 0 Å². The van der Waals surface area contributed by atoms with Gasteiger partial charge in [0.1, 0.15) is 17.3 Å². The summed E-state index contributed by atoms with van der Waals surface area (Å²) < 4.78 is 27.8. The molecule has 1 fully saturated rings. The first-order valence-corrected chi connectivity index (χ1v) is 8.93. The molecule has 1 N–H and O–H groups in total. The second-order valence-electron chi connectivity index (χ2n) is 6.07. The van der Waals surface area contributed by atoms with Gasteiger partial charge >= 0.3 is 0 Å². The van der Waals surface area contributed by atoms with Gasteiger partial charge in [0, 0.05) is 17.7 Å². The van der Waals surface area contributed by atoms with Crippen LogP contribution in [0.1, 0.15) is 47.5 Å². The minimum absolute atomic E-state index is 0.0648. The molecule has 4 rings (SSSR count). The van der Waals surface area contributed by atoms with E-state index < -0.39 is 17.7 Å². The molecule has 1 saturated heterocycles. The van der Waals surface area contributed by atoms with Crippen molar-refractivity contribution >= 4 is 17.0 Å². The maximum absolute atomic E-state index is 13.9. The van der Waals surface area contributed by atoms with Crippen LogP contribution in [0.4, 0.5) is 8.78 Å². The maximum atomic E-state index is 13.9. The summed E-state index contributed by atoms with van der Waals surface area (Å²) in [6.07, 6.45) is 1.76. The molecule has 4 nitrogen and oxygen atoms in total. The molecule has 126 valence electrons. The van der Waals surface area contributed by atoms with Gasteiger partial charge in [-0.2, -0.15) is 0 Å². The zero-order valence-electron chi connectivity index (χ0n) is 13.0. The number of oxime groups is 1. The highest BCUT2D eigenvalue weighted by molar-refractivity contribution is 7.09. The van der Waals surface area contributed by atoms with Crippen LogP contribution >= 0.6 is 11.3 Å². The van der Waals surface area contributed by atoms with E-state index in [1.807, 2.05) is 5.38 Å². The first-order chi connectivity index (χ1) is 11.7. The van der Waals surface area contributed by atoms with E-state index in [9.17, 15) is 8.78 Å². The minimum Gasteiger partial charge on any atom is -0.387 e. The number of halogens is 2. The lowest BCUT2D eigenvalue weighted by atomic mass is 9.99. The topological polar surface area (TPSA) is 46.5 Å². The van der Waals surface area contributed by atoms with Crippen LogP contribution < -0.4 is 5.32 Å². The van der Waals surface area contributed by atoms with Gasteiger partial charge in [0.05, 0.1) is 16.3 Å². The molecular weight excluding hydrogens is 332 g/mol. The first kappa shape index (κ1) is 15.7. The van der Waals surface area contributed by atoms with Crippen molar-refractivity contribution in [3.63, 3.8) is 0 Å². The highest BCUT2D eigenvalue weighted by Gasteiger charge is 2.30. The van der Waals surface area contributed by atoms with Crippen LogP contribution in [-0.4, -0.2) is 23.8 Å². The number of nitrogens with zero attached hydrogens (tertiary/aromatic N) is 2. The van der Waals surface area contributed by atoms with Gasteiger partial charge in [0.15, 0.2) is 6.10 Å². The number of hydrogen-bond donors (Lipinski definition) is 1. The van der Waals surface area contributed by atoms with E-state index in [4.69, 9.17) is 4.84 Å². The molecule has 0 amide bonds. The molecule has 0 spiro atoms. The van der Waals surface area contributed by atoms with Gasteiger partial charge in [-0.1, -0.05) is 11.2 Å². The van der Waals surface area contributed by atoms with Crippen molar-refractivity contribution in [1.82, 2.24) is 10.3 Å². The van der Waals surface area contributed by atoms with Crippen molar-refractivity contribution in [3.8, 4) is 0 Å². The largest absolute Gasteiger partial charge is 0.387 e. The number of benzene rings is 1. The average Bonchev–Trinajstić information content (AvgIpc) is 3.25. The van der Waals surface area contributed by atoms with Gasteiger partial charge in [0.2, 0.25) is 0 Å². The second-order valence-corrected chi connectivity index (χ2v) is 6.96. The molecule has 2 aliphatic rings. The van der Waals surface area contributed by atoms with Crippen LogP contribution in [0.5, 0.6) is 0 Å². The smallest absolute Gasteiger partial charge is 0.164 e. The molecule has 2 aromatic rings. The number of hydrogen-bond acceptors (Lipinski definition) is 5. The zero-order valence-corrected chi connectivity index (χ0v) is 13.8. The van der Waals surface area contributed by atoms with E-state index in [1.54, 1.807) is 11.3 Å². The van der Waals surface area contributed by atoms with Crippen LogP contribution in [0.25, 0.3) is 0 Å². The fourth-order valence-corrected chi connectivity index (χ4v) is 4.18. The third-order valence-electron chi connectivity index (χ3n) is 4.50. The molecule has 24 heavy (non-hydrogen) atoms. The van der Waals surface area contributed by atoms with E-state index in [-0.39, 0.29) is 5.56 Å². The van der Waals surface area contributed by atoms with Crippen LogP contribution in [0, 0.1) is 11.6 Å². The Labute approximate surface area is 142 Å². The first-order valence-electron chi connectivity index (χ1n) is 8.05. The Bertz CT molecular complexity index is 751. The monoisotopic (exact) mass is 349 g/mol. The van der Waals surface area contributed by atoms with Gasteiger partial charge in [-0.25, -0.2) is 13.8 Å². The molecule has 1 aromatic heterocycles.